The van der Waals surface area contributed by atoms with Crippen molar-refractivity contribution in [3.05, 3.63) is 30.3 Å². The van der Waals surface area contributed by atoms with Gasteiger partial charge in [0.1, 0.15) is 6.54 Å². The standard InChI is InChI=1S/C19H26N2O6/c1-20(16(22)12-8-3-2-4-9-13-17(23)24)19(27)21(14-18(25)26)15-10-6-5-7-11-15/h5-7,10-11H,2-4,8-9,12-14H2,1H3,(H,23,24)(H,25,26). The van der Waals surface area contributed by atoms with Gasteiger partial charge in [-0.2, -0.15) is 0 Å². The summed E-state index contributed by atoms with van der Waals surface area (Å²) < 4.78 is 0. The Morgan fingerprint density at radius 1 is 0.815 bits per heavy atom. The van der Waals surface area contributed by atoms with Crippen molar-refractivity contribution in [3.63, 3.8) is 0 Å². The molecule has 0 heterocycles. The number of aliphatic carboxylic acids is 2. The molecular formula is C19H26N2O6. The van der Waals surface area contributed by atoms with Gasteiger partial charge in [-0.3, -0.25) is 24.2 Å². The number of benzene rings is 1. The van der Waals surface area contributed by atoms with E-state index in [9.17, 15) is 19.2 Å². The van der Waals surface area contributed by atoms with E-state index in [2.05, 4.69) is 0 Å². The van der Waals surface area contributed by atoms with Gasteiger partial charge in [-0.05, 0) is 25.0 Å². The zero-order chi connectivity index (χ0) is 20.2. The summed E-state index contributed by atoms with van der Waals surface area (Å²) >= 11 is 0. The number of carboxylic acid groups (broad SMARTS) is 2. The lowest BCUT2D eigenvalue weighted by Crippen LogP contribution is -2.46. The zero-order valence-corrected chi connectivity index (χ0v) is 15.5. The van der Waals surface area contributed by atoms with Gasteiger partial charge in [0, 0.05) is 25.6 Å². The number of hydrogen-bond donors (Lipinski definition) is 2. The number of hydrogen-bond acceptors (Lipinski definition) is 4. The van der Waals surface area contributed by atoms with E-state index in [0.29, 0.717) is 18.5 Å². The number of para-hydroxylation sites is 1. The molecule has 1 aromatic rings. The lowest BCUT2D eigenvalue weighted by molar-refractivity contribution is -0.137. The first-order valence-corrected chi connectivity index (χ1v) is 8.89. The molecule has 27 heavy (non-hydrogen) atoms. The highest BCUT2D eigenvalue weighted by Gasteiger charge is 2.25. The fourth-order valence-corrected chi connectivity index (χ4v) is 2.55. The number of nitrogens with zero attached hydrogens (tertiary/aromatic N) is 2. The summed E-state index contributed by atoms with van der Waals surface area (Å²) in [5, 5.41) is 17.6. The molecule has 0 saturated heterocycles. The number of rotatable bonds is 11. The summed E-state index contributed by atoms with van der Waals surface area (Å²) in [5.74, 6) is -2.36. The SMILES string of the molecule is CN(C(=O)CCCCCCCC(=O)O)C(=O)N(CC(=O)O)c1ccccc1. The highest BCUT2D eigenvalue weighted by Crippen LogP contribution is 2.16. The van der Waals surface area contributed by atoms with E-state index in [0.717, 1.165) is 29.1 Å². The minimum absolute atomic E-state index is 0.148. The number of amides is 3. The third-order valence-corrected chi connectivity index (χ3v) is 4.03. The molecule has 148 valence electrons. The van der Waals surface area contributed by atoms with Gasteiger partial charge in [-0.1, -0.05) is 37.5 Å². The van der Waals surface area contributed by atoms with Gasteiger partial charge in [0.2, 0.25) is 5.91 Å². The highest BCUT2D eigenvalue weighted by molar-refractivity contribution is 6.04. The Hall–Kier alpha value is -2.90. The summed E-state index contributed by atoms with van der Waals surface area (Å²) in [7, 11) is 1.34. The van der Waals surface area contributed by atoms with Gasteiger partial charge < -0.3 is 10.2 Å². The van der Waals surface area contributed by atoms with E-state index >= 15 is 0 Å². The molecule has 0 aliphatic carbocycles. The molecule has 1 rings (SSSR count). The lowest BCUT2D eigenvalue weighted by Gasteiger charge is -2.26. The molecule has 0 radical (unpaired) electrons. The second kappa shape index (κ2) is 11.7. The van der Waals surface area contributed by atoms with Crippen LogP contribution in [-0.2, 0) is 14.4 Å². The Bertz CT molecular complexity index is 647. The molecular weight excluding hydrogens is 352 g/mol. The molecule has 0 spiro atoms. The molecule has 0 aliphatic heterocycles. The number of unbranched alkanes of at least 4 members (excludes halogenated alkanes) is 4. The first-order chi connectivity index (χ1) is 12.8. The molecule has 3 amide bonds. The molecule has 8 heteroatoms. The fraction of sp³-hybridized carbons (Fsp3) is 0.474. The summed E-state index contributed by atoms with van der Waals surface area (Å²) in [5.41, 5.74) is 0.406. The number of carbonyl (C=O) groups is 4. The average molecular weight is 378 g/mol. The number of carbonyl (C=O) groups excluding carboxylic acids is 2. The number of urea groups is 1. The van der Waals surface area contributed by atoms with Crippen molar-refractivity contribution in [1.82, 2.24) is 4.90 Å². The molecule has 0 bridgehead atoms. The largest absolute Gasteiger partial charge is 0.481 e. The average Bonchev–Trinajstić information content (AvgIpc) is 2.64. The summed E-state index contributed by atoms with van der Waals surface area (Å²) in [6, 6.07) is 7.65. The second-order valence-corrected chi connectivity index (χ2v) is 6.21. The van der Waals surface area contributed by atoms with E-state index in [1.54, 1.807) is 30.3 Å². The third-order valence-electron chi connectivity index (χ3n) is 4.03. The van der Waals surface area contributed by atoms with Crippen LogP contribution in [0.5, 0.6) is 0 Å². The van der Waals surface area contributed by atoms with Gasteiger partial charge in [-0.15, -0.1) is 0 Å². The van der Waals surface area contributed by atoms with Crippen molar-refractivity contribution in [2.75, 3.05) is 18.5 Å². The molecule has 1 aromatic carbocycles. The van der Waals surface area contributed by atoms with Crippen LogP contribution in [0.25, 0.3) is 0 Å². The van der Waals surface area contributed by atoms with Crippen LogP contribution >= 0.6 is 0 Å². The molecule has 2 N–H and O–H groups in total. The van der Waals surface area contributed by atoms with E-state index in [1.165, 1.54) is 7.05 Å². The van der Waals surface area contributed by atoms with Gasteiger partial charge in [-0.25, -0.2) is 4.79 Å². The monoisotopic (exact) mass is 378 g/mol. The van der Waals surface area contributed by atoms with Crippen LogP contribution in [0.1, 0.15) is 44.9 Å². The van der Waals surface area contributed by atoms with E-state index < -0.39 is 24.5 Å². The highest BCUT2D eigenvalue weighted by atomic mass is 16.4. The summed E-state index contributed by atoms with van der Waals surface area (Å²) in [6.07, 6.45) is 3.91. The maximum atomic E-state index is 12.6. The van der Waals surface area contributed by atoms with Gasteiger partial charge >= 0.3 is 18.0 Å². The van der Waals surface area contributed by atoms with Crippen LogP contribution in [0.15, 0.2) is 30.3 Å². The predicted octanol–water partition coefficient (Wildman–Crippen LogP) is 2.97. The number of anilines is 1. The Labute approximate surface area is 158 Å². The summed E-state index contributed by atoms with van der Waals surface area (Å²) in [4.78, 5) is 48.3. The van der Waals surface area contributed by atoms with E-state index in [1.807, 2.05) is 0 Å². The van der Waals surface area contributed by atoms with Crippen LogP contribution in [0, 0.1) is 0 Å². The van der Waals surface area contributed by atoms with Gasteiger partial charge in [0.25, 0.3) is 0 Å². The molecule has 0 aliphatic rings. The fourth-order valence-electron chi connectivity index (χ4n) is 2.55. The predicted molar refractivity (Wildman–Crippen MR) is 99.5 cm³/mol. The van der Waals surface area contributed by atoms with Crippen molar-refractivity contribution in [1.29, 1.82) is 0 Å². The number of carboxylic acids is 2. The Balaban J connectivity index is 2.50. The van der Waals surface area contributed by atoms with Crippen molar-refractivity contribution >= 4 is 29.6 Å². The van der Waals surface area contributed by atoms with Gasteiger partial charge in [0.05, 0.1) is 0 Å². The lowest BCUT2D eigenvalue weighted by atomic mass is 10.1. The van der Waals surface area contributed by atoms with Crippen molar-refractivity contribution in [2.24, 2.45) is 0 Å². The van der Waals surface area contributed by atoms with Crippen LogP contribution in [0.4, 0.5) is 10.5 Å². The Kier molecular flexibility index (Phi) is 9.57. The van der Waals surface area contributed by atoms with E-state index in [4.69, 9.17) is 10.2 Å². The summed E-state index contributed by atoms with van der Waals surface area (Å²) in [6.45, 7) is -0.538. The van der Waals surface area contributed by atoms with Crippen LogP contribution in [0.3, 0.4) is 0 Å². The molecule has 8 nitrogen and oxygen atoms in total. The van der Waals surface area contributed by atoms with Crippen LogP contribution < -0.4 is 4.90 Å². The molecule has 0 unspecified atom stereocenters. The molecule has 0 fully saturated rings. The minimum atomic E-state index is -1.17. The van der Waals surface area contributed by atoms with Crippen molar-refractivity contribution < 1.29 is 29.4 Å². The van der Waals surface area contributed by atoms with E-state index in [-0.39, 0.29) is 18.7 Å². The Morgan fingerprint density at radius 2 is 1.37 bits per heavy atom. The molecule has 0 atom stereocenters. The van der Waals surface area contributed by atoms with Gasteiger partial charge in [0.15, 0.2) is 0 Å². The smallest absolute Gasteiger partial charge is 0.331 e. The zero-order valence-electron chi connectivity index (χ0n) is 15.5. The first-order valence-electron chi connectivity index (χ1n) is 8.89. The minimum Gasteiger partial charge on any atom is -0.481 e. The van der Waals surface area contributed by atoms with Crippen LogP contribution in [-0.4, -0.2) is 52.6 Å². The topological polar surface area (TPSA) is 115 Å². The molecule has 0 saturated carbocycles. The maximum Gasteiger partial charge on any atom is 0.331 e. The quantitative estimate of drug-likeness (QED) is 0.572. The van der Waals surface area contributed by atoms with Crippen LogP contribution in [0.2, 0.25) is 0 Å². The third kappa shape index (κ3) is 8.35. The number of imide groups is 1. The van der Waals surface area contributed by atoms with Crippen molar-refractivity contribution in [3.8, 4) is 0 Å². The maximum absolute atomic E-state index is 12.6. The second-order valence-electron chi connectivity index (χ2n) is 6.21. The van der Waals surface area contributed by atoms with Crippen molar-refractivity contribution in [2.45, 2.75) is 44.9 Å². The Morgan fingerprint density at radius 3 is 1.93 bits per heavy atom. The normalized spacial score (nSPS) is 10.3. The first kappa shape index (κ1) is 22.1. The molecule has 0 aromatic heterocycles.